The second-order valence-corrected chi connectivity index (χ2v) is 7.85. The van der Waals surface area contributed by atoms with E-state index >= 15 is 0 Å². The molecule has 0 rings (SSSR count). The molecule has 0 aromatic rings. The summed E-state index contributed by atoms with van der Waals surface area (Å²) in [6.45, 7) is 1.70. The molecule has 0 radical (unpaired) electrons. The van der Waals surface area contributed by atoms with E-state index in [9.17, 15) is 16.8 Å². The van der Waals surface area contributed by atoms with Crippen LogP contribution in [0.5, 0.6) is 0 Å². The molecule has 8 heteroatoms. The number of sulfone groups is 1. The van der Waals surface area contributed by atoms with Crippen molar-refractivity contribution in [1.29, 1.82) is 0 Å². The lowest BCUT2D eigenvalue weighted by Gasteiger charge is -2.04. The van der Waals surface area contributed by atoms with Crippen molar-refractivity contribution in [2.75, 3.05) is 37.9 Å². The van der Waals surface area contributed by atoms with Crippen LogP contribution in [0.2, 0.25) is 0 Å². The van der Waals surface area contributed by atoms with E-state index in [2.05, 4.69) is 10.0 Å². The molecule has 0 saturated carbocycles. The van der Waals surface area contributed by atoms with Gasteiger partial charge in [0.2, 0.25) is 10.0 Å². The number of hydrogen-bond acceptors (Lipinski definition) is 5. The number of sulfonamides is 1. The first-order valence-corrected chi connectivity index (χ1v) is 8.99. The standard InChI is InChI=1S/C8H20N2O4S2/c1-15(11,12)8-4-6-9-5-3-7-10-16(2,13)14/h9-10H,3-8H2,1-2H3. The third-order valence-corrected chi connectivity index (χ3v) is 3.52. The lowest BCUT2D eigenvalue weighted by molar-refractivity contribution is 0.575. The third-order valence-electron chi connectivity index (χ3n) is 1.76. The predicted molar refractivity (Wildman–Crippen MR) is 64.7 cm³/mol. The van der Waals surface area contributed by atoms with E-state index in [1.165, 1.54) is 6.26 Å². The van der Waals surface area contributed by atoms with Crippen molar-refractivity contribution in [3.63, 3.8) is 0 Å². The van der Waals surface area contributed by atoms with E-state index in [0.717, 1.165) is 6.26 Å². The first kappa shape index (κ1) is 15.8. The summed E-state index contributed by atoms with van der Waals surface area (Å²) in [5.41, 5.74) is 0. The van der Waals surface area contributed by atoms with Crippen LogP contribution < -0.4 is 10.0 Å². The molecule has 0 atom stereocenters. The predicted octanol–water partition coefficient (Wildman–Crippen LogP) is -1.05. The fraction of sp³-hybridized carbons (Fsp3) is 1.00. The van der Waals surface area contributed by atoms with E-state index in [1.807, 2.05) is 0 Å². The molecule has 0 amide bonds. The third kappa shape index (κ3) is 13.8. The second-order valence-electron chi connectivity index (χ2n) is 3.75. The van der Waals surface area contributed by atoms with Crippen molar-refractivity contribution < 1.29 is 16.8 Å². The van der Waals surface area contributed by atoms with E-state index in [4.69, 9.17) is 0 Å². The fourth-order valence-corrected chi connectivity index (χ4v) is 2.24. The molecule has 0 spiro atoms. The maximum atomic E-state index is 10.8. The summed E-state index contributed by atoms with van der Waals surface area (Å²) in [5, 5.41) is 3.04. The minimum Gasteiger partial charge on any atom is -0.317 e. The summed E-state index contributed by atoms with van der Waals surface area (Å²) < 4.78 is 45.3. The molecule has 0 aliphatic rings. The van der Waals surface area contributed by atoms with Crippen molar-refractivity contribution in [2.45, 2.75) is 12.8 Å². The van der Waals surface area contributed by atoms with Crippen LogP contribution in [0.25, 0.3) is 0 Å². The molecule has 0 fully saturated rings. The molecule has 16 heavy (non-hydrogen) atoms. The quantitative estimate of drug-likeness (QED) is 0.523. The molecule has 0 aromatic heterocycles. The Morgan fingerprint density at radius 3 is 1.94 bits per heavy atom. The Balaban J connectivity index is 3.29. The molecule has 0 aliphatic carbocycles. The van der Waals surface area contributed by atoms with Gasteiger partial charge in [-0.25, -0.2) is 21.6 Å². The molecule has 0 bridgehead atoms. The smallest absolute Gasteiger partial charge is 0.208 e. The average molecular weight is 272 g/mol. The van der Waals surface area contributed by atoms with Gasteiger partial charge < -0.3 is 5.32 Å². The van der Waals surface area contributed by atoms with E-state index in [1.54, 1.807) is 0 Å². The Kier molecular flexibility index (Phi) is 7.12. The molecule has 6 nitrogen and oxygen atoms in total. The molecule has 98 valence electrons. The molecule has 0 heterocycles. The number of hydrogen-bond donors (Lipinski definition) is 2. The SMILES string of the molecule is CS(=O)(=O)CCCNCCCNS(C)(=O)=O. The van der Waals surface area contributed by atoms with Gasteiger partial charge in [-0.2, -0.15) is 0 Å². The highest BCUT2D eigenvalue weighted by atomic mass is 32.2. The van der Waals surface area contributed by atoms with Gasteiger partial charge in [0.15, 0.2) is 0 Å². The van der Waals surface area contributed by atoms with Gasteiger partial charge in [0, 0.05) is 12.8 Å². The molecule has 0 aliphatic heterocycles. The second kappa shape index (κ2) is 7.21. The summed E-state index contributed by atoms with van der Waals surface area (Å²) in [4.78, 5) is 0. The van der Waals surface area contributed by atoms with Gasteiger partial charge in [-0.1, -0.05) is 0 Å². The largest absolute Gasteiger partial charge is 0.317 e. The summed E-state index contributed by atoms with van der Waals surface area (Å²) >= 11 is 0. The first-order chi connectivity index (χ1) is 7.21. The van der Waals surface area contributed by atoms with Crippen molar-refractivity contribution in [3.05, 3.63) is 0 Å². The Morgan fingerprint density at radius 1 is 0.875 bits per heavy atom. The number of nitrogens with one attached hydrogen (secondary N) is 2. The minimum atomic E-state index is -3.10. The van der Waals surface area contributed by atoms with Crippen LogP contribution in [-0.2, 0) is 19.9 Å². The number of rotatable bonds is 9. The summed E-state index contributed by atoms with van der Waals surface area (Å²) in [7, 11) is -5.97. The van der Waals surface area contributed by atoms with Crippen LogP contribution in [0.4, 0.5) is 0 Å². The molecule has 0 aromatic carbocycles. The van der Waals surface area contributed by atoms with Crippen molar-refractivity contribution >= 4 is 19.9 Å². The van der Waals surface area contributed by atoms with Gasteiger partial charge in [-0.15, -0.1) is 0 Å². The zero-order valence-electron chi connectivity index (χ0n) is 9.69. The molecule has 0 saturated heterocycles. The molecule has 2 N–H and O–H groups in total. The van der Waals surface area contributed by atoms with Gasteiger partial charge in [0.25, 0.3) is 0 Å². The lowest BCUT2D eigenvalue weighted by Crippen LogP contribution is -2.27. The van der Waals surface area contributed by atoms with Gasteiger partial charge in [0.1, 0.15) is 9.84 Å². The Labute approximate surface area is 97.8 Å². The van der Waals surface area contributed by atoms with Gasteiger partial charge in [-0.05, 0) is 25.9 Å². The minimum absolute atomic E-state index is 0.182. The summed E-state index contributed by atoms with van der Waals surface area (Å²) in [5.74, 6) is 0.182. The van der Waals surface area contributed by atoms with Crippen LogP contribution >= 0.6 is 0 Å². The zero-order valence-corrected chi connectivity index (χ0v) is 11.3. The highest BCUT2D eigenvalue weighted by molar-refractivity contribution is 7.90. The maximum absolute atomic E-state index is 10.8. The van der Waals surface area contributed by atoms with E-state index in [-0.39, 0.29) is 5.75 Å². The monoisotopic (exact) mass is 272 g/mol. The van der Waals surface area contributed by atoms with Crippen LogP contribution in [0.1, 0.15) is 12.8 Å². The van der Waals surface area contributed by atoms with Gasteiger partial charge >= 0.3 is 0 Å². The van der Waals surface area contributed by atoms with Gasteiger partial charge in [0.05, 0.1) is 12.0 Å². The van der Waals surface area contributed by atoms with E-state index in [0.29, 0.717) is 32.5 Å². The Bertz CT molecular complexity index is 337. The van der Waals surface area contributed by atoms with Crippen LogP contribution in [0, 0.1) is 0 Å². The average Bonchev–Trinajstić information content (AvgIpc) is 2.06. The van der Waals surface area contributed by atoms with Crippen molar-refractivity contribution in [3.8, 4) is 0 Å². The highest BCUT2D eigenvalue weighted by Gasteiger charge is 2.01. The summed E-state index contributed by atoms with van der Waals surface area (Å²) in [6.07, 6.45) is 3.60. The zero-order chi connectivity index (χ0) is 12.7. The fourth-order valence-electron chi connectivity index (χ4n) is 1.06. The first-order valence-electron chi connectivity index (χ1n) is 5.04. The van der Waals surface area contributed by atoms with E-state index < -0.39 is 19.9 Å². The van der Waals surface area contributed by atoms with Crippen molar-refractivity contribution in [2.24, 2.45) is 0 Å². The van der Waals surface area contributed by atoms with Crippen molar-refractivity contribution in [1.82, 2.24) is 10.0 Å². The maximum Gasteiger partial charge on any atom is 0.208 e. The molecular formula is C8H20N2O4S2. The topological polar surface area (TPSA) is 92.3 Å². The van der Waals surface area contributed by atoms with Crippen LogP contribution in [-0.4, -0.2) is 54.7 Å². The molecular weight excluding hydrogens is 252 g/mol. The van der Waals surface area contributed by atoms with Gasteiger partial charge in [-0.3, -0.25) is 0 Å². The summed E-state index contributed by atoms with van der Waals surface area (Å²) in [6, 6.07) is 0. The van der Waals surface area contributed by atoms with Crippen LogP contribution in [0.3, 0.4) is 0 Å². The Morgan fingerprint density at radius 2 is 1.44 bits per heavy atom. The Hall–Kier alpha value is -0.180. The van der Waals surface area contributed by atoms with Crippen LogP contribution in [0.15, 0.2) is 0 Å². The molecule has 0 unspecified atom stereocenters. The lowest BCUT2D eigenvalue weighted by atomic mass is 10.4. The normalized spacial score (nSPS) is 12.9. The highest BCUT2D eigenvalue weighted by Crippen LogP contribution is 1.87.